The molecule has 10 aromatic rings. The monoisotopic (exact) mass is 934 g/mol. The lowest BCUT2D eigenvalue weighted by molar-refractivity contribution is 0.590. The van der Waals surface area contributed by atoms with Crippen molar-refractivity contribution in [3.05, 3.63) is 235 Å². The van der Waals surface area contributed by atoms with Gasteiger partial charge in [0.05, 0.1) is 34.2 Å². The first-order valence-corrected chi connectivity index (χ1v) is 25.2. The highest BCUT2D eigenvalue weighted by molar-refractivity contribution is 5.88. The highest BCUT2D eigenvalue weighted by atomic mass is 14.7. The quantitative estimate of drug-likeness (QED) is 0.145. The van der Waals surface area contributed by atoms with Crippen LogP contribution in [0.4, 0.5) is 0 Å². The van der Waals surface area contributed by atoms with Gasteiger partial charge >= 0.3 is 0 Å². The molecule has 0 saturated carbocycles. The normalized spacial score (nSPS) is 12.0. The second kappa shape index (κ2) is 19.3. The zero-order valence-electron chi connectivity index (χ0n) is 43.1. The van der Waals surface area contributed by atoms with Gasteiger partial charge in [0, 0.05) is 33.4 Å². The Hall–Kier alpha value is -8.01. The minimum Gasteiger partial charge on any atom is -0.248 e. The van der Waals surface area contributed by atoms with Crippen molar-refractivity contribution in [2.75, 3.05) is 0 Å². The van der Waals surface area contributed by atoms with E-state index in [0.717, 1.165) is 101 Å². The van der Waals surface area contributed by atoms with E-state index in [4.69, 9.17) is 15.0 Å². The maximum atomic E-state index is 5.36. The number of rotatable bonds is 9. The molecule has 10 rings (SSSR count). The Morgan fingerprint density at radius 2 is 0.375 bits per heavy atom. The van der Waals surface area contributed by atoms with Crippen molar-refractivity contribution in [3.8, 4) is 101 Å². The van der Waals surface area contributed by atoms with Gasteiger partial charge in [-0.05, 0) is 121 Å². The molecule has 0 aliphatic rings. The highest BCUT2D eigenvalue weighted by Gasteiger charge is 2.20. The van der Waals surface area contributed by atoms with Gasteiger partial charge in [-0.2, -0.15) is 0 Å². The van der Waals surface area contributed by atoms with Gasteiger partial charge in [-0.25, -0.2) is 15.0 Å². The maximum absolute atomic E-state index is 5.36. The Kier molecular flexibility index (Phi) is 12.8. The van der Waals surface area contributed by atoms with E-state index < -0.39 is 0 Å². The lowest BCUT2D eigenvalue weighted by Crippen LogP contribution is -2.10. The van der Waals surface area contributed by atoms with Crippen molar-refractivity contribution in [1.29, 1.82) is 0 Å². The van der Waals surface area contributed by atoms with E-state index in [1.165, 1.54) is 16.7 Å². The highest BCUT2D eigenvalue weighted by Crippen LogP contribution is 2.40. The summed E-state index contributed by atoms with van der Waals surface area (Å²) in [5, 5.41) is 0. The van der Waals surface area contributed by atoms with Gasteiger partial charge < -0.3 is 0 Å². The van der Waals surface area contributed by atoms with Crippen molar-refractivity contribution in [2.24, 2.45) is 0 Å². The van der Waals surface area contributed by atoms with E-state index in [1.807, 2.05) is 0 Å². The number of hydrogen-bond acceptors (Lipinski definition) is 3. The molecular weight excluding hydrogens is 871 g/mol. The Labute approximate surface area is 427 Å². The average Bonchev–Trinajstić information content (AvgIpc) is 3.40. The molecule has 354 valence electrons. The summed E-state index contributed by atoms with van der Waals surface area (Å²) < 4.78 is 0. The molecule has 3 aromatic heterocycles. The van der Waals surface area contributed by atoms with Gasteiger partial charge in [-0.1, -0.05) is 226 Å². The van der Waals surface area contributed by atoms with Crippen molar-refractivity contribution >= 4 is 0 Å². The van der Waals surface area contributed by atoms with Crippen LogP contribution in [0.5, 0.6) is 0 Å². The van der Waals surface area contributed by atoms with Crippen molar-refractivity contribution in [3.63, 3.8) is 0 Å². The van der Waals surface area contributed by atoms with Crippen LogP contribution in [0.1, 0.15) is 79.0 Å². The lowest BCUT2D eigenvalue weighted by atomic mass is 9.86. The molecule has 0 aliphatic carbocycles. The third kappa shape index (κ3) is 10.5. The summed E-state index contributed by atoms with van der Waals surface area (Å²) in [6.07, 6.45) is 0. The van der Waals surface area contributed by atoms with Crippen LogP contribution in [0.25, 0.3) is 101 Å². The van der Waals surface area contributed by atoms with Gasteiger partial charge in [0.2, 0.25) is 0 Å². The molecule has 0 amide bonds. The zero-order chi connectivity index (χ0) is 50.2. The Balaban J connectivity index is 1.23. The van der Waals surface area contributed by atoms with Gasteiger partial charge in [0.15, 0.2) is 0 Å². The van der Waals surface area contributed by atoms with Crippen LogP contribution in [0, 0.1) is 0 Å². The number of benzene rings is 7. The molecule has 0 aliphatic heterocycles. The smallest absolute Gasteiger partial charge is 0.0715 e. The molecular formula is C69H63N3. The summed E-state index contributed by atoms with van der Waals surface area (Å²) in [5.41, 5.74) is 22.4. The van der Waals surface area contributed by atoms with Crippen LogP contribution in [0.15, 0.2) is 218 Å². The second-order valence-corrected chi connectivity index (χ2v) is 22.3. The summed E-state index contributed by atoms with van der Waals surface area (Å²) in [6.45, 7) is 20.3. The van der Waals surface area contributed by atoms with Crippen LogP contribution >= 0.6 is 0 Å². The molecule has 0 unspecified atom stereocenters. The van der Waals surface area contributed by atoms with Crippen LogP contribution in [-0.4, -0.2) is 15.0 Å². The second-order valence-electron chi connectivity index (χ2n) is 22.3. The SMILES string of the molecule is CC(C)(C)c1ccc(-c2cc(-c3cc(-c4cc(-c5ccccc5)nc(-c5ccc(C(C)(C)C)cc5)c4)cc(-c4cc(-c5ccccc5)nc(-c5ccc(C(C)(C)C)cc5)c4)c3)cc(-c3ccccc3)n2)cc1. The molecule has 7 aromatic carbocycles. The Morgan fingerprint density at radius 1 is 0.194 bits per heavy atom. The average molecular weight is 934 g/mol. The summed E-state index contributed by atoms with van der Waals surface area (Å²) >= 11 is 0. The predicted octanol–water partition coefficient (Wildman–Crippen LogP) is 18.8. The third-order valence-electron chi connectivity index (χ3n) is 13.8. The van der Waals surface area contributed by atoms with E-state index in [0.29, 0.717) is 0 Å². The molecule has 0 atom stereocenters. The first-order valence-electron chi connectivity index (χ1n) is 25.2. The van der Waals surface area contributed by atoms with E-state index in [9.17, 15) is 0 Å². The van der Waals surface area contributed by atoms with Crippen LogP contribution < -0.4 is 0 Å². The van der Waals surface area contributed by atoms with Gasteiger partial charge in [0.1, 0.15) is 0 Å². The van der Waals surface area contributed by atoms with Crippen molar-refractivity contribution < 1.29 is 0 Å². The molecule has 0 N–H and O–H groups in total. The molecule has 0 fully saturated rings. The first kappa shape index (κ1) is 47.7. The minimum absolute atomic E-state index is 0.0337. The number of pyridine rings is 3. The van der Waals surface area contributed by atoms with Gasteiger partial charge in [-0.15, -0.1) is 0 Å². The summed E-state index contributed by atoms with van der Waals surface area (Å²) in [5.74, 6) is 0. The number of aromatic nitrogens is 3. The molecule has 3 heterocycles. The minimum atomic E-state index is 0.0337. The number of nitrogens with zero attached hydrogens (tertiary/aromatic N) is 3. The molecule has 3 heteroatoms. The lowest BCUT2D eigenvalue weighted by Gasteiger charge is -2.20. The standard InChI is InChI=1S/C69H63N3/c1-67(2,3)58-31-25-49(26-32-58)64-43-55(40-61(70-64)46-19-13-10-14-20-46)52-37-53(56-41-62(47-21-15-11-16-22-47)71-65(44-56)50-27-33-59(34-28-50)68(4,5)6)39-54(38-52)57-42-63(48-23-17-12-18-24-48)72-66(45-57)51-29-35-60(36-30-51)69(7,8)9/h10-45H,1-9H3. The predicted molar refractivity (Wildman–Crippen MR) is 305 cm³/mol. The zero-order valence-corrected chi connectivity index (χ0v) is 43.1. The van der Waals surface area contributed by atoms with E-state index in [-0.39, 0.29) is 16.2 Å². The van der Waals surface area contributed by atoms with E-state index in [1.54, 1.807) is 0 Å². The van der Waals surface area contributed by atoms with Crippen LogP contribution in [-0.2, 0) is 16.2 Å². The van der Waals surface area contributed by atoms with Crippen LogP contribution in [0.2, 0.25) is 0 Å². The van der Waals surface area contributed by atoms with Gasteiger partial charge in [0.25, 0.3) is 0 Å². The maximum Gasteiger partial charge on any atom is 0.0715 e. The Morgan fingerprint density at radius 3 is 0.569 bits per heavy atom. The number of hydrogen-bond donors (Lipinski definition) is 0. The third-order valence-corrected chi connectivity index (χ3v) is 13.8. The van der Waals surface area contributed by atoms with Crippen molar-refractivity contribution in [2.45, 2.75) is 78.6 Å². The largest absolute Gasteiger partial charge is 0.248 e. The first-order chi connectivity index (χ1) is 34.5. The molecule has 3 nitrogen and oxygen atoms in total. The fourth-order valence-electron chi connectivity index (χ4n) is 9.36. The molecule has 0 radical (unpaired) electrons. The summed E-state index contributed by atoms with van der Waals surface area (Å²) in [4.78, 5) is 16.1. The topological polar surface area (TPSA) is 38.7 Å². The summed E-state index contributed by atoms with van der Waals surface area (Å²) in [6, 6.07) is 79.0. The fraction of sp³-hybridized carbons (Fsp3) is 0.174. The van der Waals surface area contributed by atoms with E-state index >= 15 is 0 Å². The van der Waals surface area contributed by atoms with Gasteiger partial charge in [-0.3, -0.25) is 0 Å². The van der Waals surface area contributed by atoms with Crippen molar-refractivity contribution in [1.82, 2.24) is 15.0 Å². The molecule has 0 bridgehead atoms. The molecule has 0 spiro atoms. The molecule has 0 saturated heterocycles. The van der Waals surface area contributed by atoms with Crippen LogP contribution in [0.3, 0.4) is 0 Å². The fourth-order valence-corrected chi connectivity index (χ4v) is 9.36. The van der Waals surface area contributed by atoms with E-state index in [2.05, 4.69) is 281 Å². The summed E-state index contributed by atoms with van der Waals surface area (Å²) in [7, 11) is 0. The Bertz CT molecular complexity index is 3110. The molecule has 72 heavy (non-hydrogen) atoms.